The molecule has 0 radical (unpaired) electrons. The van der Waals surface area contributed by atoms with E-state index in [4.69, 9.17) is 4.74 Å². The lowest BCUT2D eigenvalue weighted by Gasteiger charge is -2.36. The lowest BCUT2D eigenvalue weighted by molar-refractivity contribution is -0.122. The maximum absolute atomic E-state index is 11.9. The lowest BCUT2D eigenvalue weighted by atomic mass is 10.1. The van der Waals surface area contributed by atoms with E-state index in [1.54, 1.807) is 7.11 Å². The molecule has 1 aromatic carbocycles. The van der Waals surface area contributed by atoms with Crippen LogP contribution in [0.15, 0.2) is 35.3 Å². The zero-order chi connectivity index (χ0) is 19.1. The van der Waals surface area contributed by atoms with Crippen LogP contribution in [0.2, 0.25) is 0 Å². The third kappa shape index (κ3) is 5.68. The van der Waals surface area contributed by atoms with Gasteiger partial charge in [0.05, 0.1) is 13.2 Å². The number of carbonyl (C=O) groups excluding carboxylic acids is 1. The van der Waals surface area contributed by atoms with Crippen molar-refractivity contribution in [2.24, 2.45) is 4.99 Å². The molecule has 0 spiro atoms. The number of methoxy groups -OCH3 is 1. The summed E-state index contributed by atoms with van der Waals surface area (Å²) in [6, 6.07) is 11.1. The Kier molecular flexibility index (Phi) is 7.06. The molecule has 7 heteroatoms. The summed E-state index contributed by atoms with van der Waals surface area (Å²) in [6.45, 7) is 5.06. The van der Waals surface area contributed by atoms with Gasteiger partial charge in [0.15, 0.2) is 5.96 Å². The van der Waals surface area contributed by atoms with Crippen molar-refractivity contribution < 1.29 is 9.53 Å². The summed E-state index contributed by atoms with van der Waals surface area (Å²) in [5, 5.41) is 6.49. The fraction of sp³-hybridized carbons (Fsp3) is 0.600. The molecule has 0 bridgehead atoms. The molecule has 3 rings (SSSR count). The summed E-state index contributed by atoms with van der Waals surface area (Å²) in [6.07, 6.45) is 1.16. The van der Waals surface area contributed by atoms with Gasteiger partial charge in [-0.25, -0.2) is 0 Å². The molecular formula is C20H31N5O2. The monoisotopic (exact) mass is 373 g/mol. The van der Waals surface area contributed by atoms with Gasteiger partial charge in [-0.1, -0.05) is 30.3 Å². The summed E-state index contributed by atoms with van der Waals surface area (Å²) in [7, 11) is 3.48. The second-order valence-electron chi connectivity index (χ2n) is 7.16. The molecule has 1 heterocycles. The minimum atomic E-state index is 0.0618. The minimum Gasteiger partial charge on any atom is -0.383 e. The minimum absolute atomic E-state index is 0.0618. The summed E-state index contributed by atoms with van der Waals surface area (Å²) >= 11 is 0. The van der Waals surface area contributed by atoms with Crippen LogP contribution < -0.4 is 10.6 Å². The first-order chi connectivity index (χ1) is 13.2. The van der Waals surface area contributed by atoms with Crippen molar-refractivity contribution in [3.8, 4) is 0 Å². The van der Waals surface area contributed by atoms with E-state index in [9.17, 15) is 4.79 Å². The van der Waals surface area contributed by atoms with Crippen molar-refractivity contribution in [3.63, 3.8) is 0 Å². The topological polar surface area (TPSA) is 69.2 Å². The van der Waals surface area contributed by atoms with Gasteiger partial charge in [0.1, 0.15) is 0 Å². The number of aliphatic imine (C=N–C) groups is 1. The summed E-state index contributed by atoms with van der Waals surface area (Å²) in [5.41, 5.74) is 1.40. The third-order valence-corrected chi connectivity index (χ3v) is 5.21. The maximum atomic E-state index is 11.9. The first kappa shape index (κ1) is 19.6. The molecule has 1 saturated heterocycles. The zero-order valence-electron chi connectivity index (χ0n) is 16.4. The van der Waals surface area contributed by atoms with Crippen molar-refractivity contribution in [2.45, 2.75) is 18.4 Å². The summed E-state index contributed by atoms with van der Waals surface area (Å²) in [5.74, 6) is 1.62. The average Bonchev–Trinajstić information content (AvgIpc) is 3.47. The molecule has 2 unspecified atom stereocenters. The Morgan fingerprint density at radius 1 is 1.22 bits per heavy atom. The zero-order valence-corrected chi connectivity index (χ0v) is 16.4. The highest BCUT2D eigenvalue weighted by Gasteiger charge is 2.39. The number of ether oxygens (including phenoxy) is 1. The van der Waals surface area contributed by atoms with Crippen LogP contribution in [0.3, 0.4) is 0 Å². The van der Waals surface area contributed by atoms with Crippen LogP contribution in [0.25, 0.3) is 0 Å². The molecule has 2 N–H and O–H groups in total. The van der Waals surface area contributed by atoms with E-state index in [0.29, 0.717) is 31.7 Å². The van der Waals surface area contributed by atoms with E-state index in [2.05, 4.69) is 55.8 Å². The van der Waals surface area contributed by atoms with Gasteiger partial charge >= 0.3 is 0 Å². The Bertz CT molecular complexity index is 629. The highest BCUT2D eigenvalue weighted by Crippen LogP contribution is 2.40. The molecule has 1 aromatic rings. The highest BCUT2D eigenvalue weighted by atomic mass is 16.5. The van der Waals surface area contributed by atoms with Crippen molar-refractivity contribution in [1.82, 2.24) is 20.4 Å². The number of nitrogens with zero attached hydrogens (tertiary/aromatic N) is 3. The highest BCUT2D eigenvalue weighted by molar-refractivity contribution is 5.81. The molecule has 2 aliphatic rings. The average molecular weight is 374 g/mol. The number of hydrogen-bond acceptors (Lipinski definition) is 4. The number of benzene rings is 1. The smallest absolute Gasteiger partial charge is 0.234 e. The van der Waals surface area contributed by atoms with E-state index in [1.165, 1.54) is 5.56 Å². The standard InChI is InChI=1S/C20H31N5O2/c1-21-20(23-18-14-17(18)16-6-4-3-5-7-16)25-11-9-24(10-12-25)15-19(26)22-8-13-27-2/h3-7,17-18H,8-15H2,1-2H3,(H,21,23)(H,22,26). The number of amides is 1. The van der Waals surface area contributed by atoms with E-state index >= 15 is 0 Å². The predicted octanol–water partition coefficient (Wildman–Crippen LogP) is 0.498. The number of carbonyl (C=O) groups is 1. The van der Waals surface area contributed by atoms with Crippen LogP contribution in [-0.4, -0.2) is 87.7 Å². The van der Waals surface area contributed by atoms with E-state index in [-0.39, 0.29) is 5.91 Å². The van der Waals surface area contributed by atoms with Gasteiger partial charge in [0.2, 0.25) is 5.91 Å². The van der Waals surface area contributed by atoms with Crippen LogP contribution in [0.5, 0.6) is 0 Å². The molecule has 1 aliphatic heterocycles. The number of hydrogen-bond donors (Lipinski definition) is 2. The van der Waals surface area contributed by atoms with Gasteiger partial charge in [0, 0.05) is 58.8 Å². The van der Waals surface area contributed by atoms with Gasteiger partial charge in [-0.15, -0.1) is 0 Å². The molecule has 1 aliphatic carbocycles. The van der Waals surface area contributed by atoms with Crippen LogP contribution >= 0.6 is 0 Å². The Morgan fingerprint density at radius 3 is 2.63 bits per heavy atom. The molecule has 2 fully saturated rings. The second-order valence-corrected chi connectivity index (χ2v) is 7.16. The molecule has 148 valence electrons. The number of rotatable bonds is 7. The Labute approximate surface area is 161 Å². The summed E-state index contributed by atoms with van der Waals surface area (Å²) < 4.78 is 4.95. The van der Waals surface area contributed by atoms with Crippen LogP contribution in [0, 0.1) is 0 Å². The molecule has 1 saturated carbocycles. The Balaban J connectivity index is 1.40. The third-order valence-electron chi connectivity index (χ3n) is 5.21. The van der Waals surface area contributed by atoms with E-state index < -0.39 is 0 Å². The number of nitrogens with one attached hydrogen (secondary N) is 2. The summed E-state index contributed by atoms with van der Waals surface area (Å²) in [4.78, 5) is 20.9. The van der Waals surface area contributed by atoms with Crippen LogP contribution in [0.1, 0.15) is 17.9 Å². The van der Waals surface area contributed by atoms with Gasteiger partial charge in [-0.2, -0.15) is 0 Å². The van der Waals surface area contributed by atoms with Gasteiger partial charge in [-0.3, -0.25) is 14.7 Å². The predicted molar refractivity (Wildman–Crippen MR) is 107 cm³/mol. The van der Waals surface area contributed by atoms with Crippen molar-refractivity contribution in [3.05, 3.63) is 35.9 Å². The van der Waals surface area contributed by atoms with Gasteiger partial charge in [0.25, 0.3) is 0 Å². The number of guanidine groups is 1. The molecular weight excluding hydrogens is 342 g/mol. The SMILES string of the molecule is CN=C(NC1CC1c1ccccc1)N1CCN(CC(=O)NCCOC)CC1. The molecule has 27 heavy (non-hydrogen) atoms. The van der Waals surface area contributed by atoms with Crippen LogP contribution in [0.4, 0.5) is 0 Å². The fourth-order valence-electron chi connectivity index (χ4n) is 3.56. The van der Waals surface area contributed by atoms with Crippen molar-refractivity contribution >= 4 is 11.9 Å². The molecule has 2 atom stereocenters. The second kappa shape index (κ2) is 9.71. The Morgan fingerprint density at radius 2 is 1.96 bits per heavy atom. The Hall–Kier alpha value is -2.12. The van der Waals surface area contributed by atoms with E-state index in [0.717, 1.165) is 38.6 Å². The first-order valence-electron chi connectivity index (χ1n) is 9.72. The van der Waals surface area contributed by atoms with Gasteiger partial charge in [-0.05, 0) is 12.0 Å². The maximum Gasteiger partial charge on any atom is 0.234 e. The van der Waals surface area contributed by atoms with E-state index in [1.807, 2.05) is 7.05 Å². The van der Waals surface area contributed by atoms with Crippen molar-refractivity contribution in [2.75, 3.05) is 60.0 Å². The normalized spacial score (nSPS) is 23.2. The fourth-order valence-corrected chi connectivity index (χ4v) is 3.56. The van der Waals surface area contributed by atoms with Gasteiger partial charge < -0.3 is 20.3 Å². The lowest BCUT2D eigenvalue weighted by Crippen LogP contribution is -2.54. The molecule has 7 nitrogen and oxygen atoms in total. The quantitative estimate of drug-likeness (QED) is 0.414. The molecule has 1 amide bonds. The largest absolute Gasteiger partial charge is 0.383 e. The molecule has 0 aromatic heterocycles. The first-order valence-corrected chi connectivity index (χ1v) is 9.72. The number of piperazine rings is 1. The van der Waals surface area contributed by atoms with Crippen LogP contribution in [-0.2, 0) is 9.53 Å². The van der Waals surface area contributed by atoms with Crippen molar-refractivity contribution in [1.29, 1.82) is 0 Å².